The minimum absolute atomic E-state index is 0.0336. The van der Waals surface area contributed by atoms with E-state index in [9.17, 15) is 0 Å². The Kier molecular flexibility index (Phi) is 6.06. The van der Waals surface area contributed by atoms with E-state index in [1.54, 1.807) is 0 Å². The Morgan fingerprint density at radius 2 is 0.800 bits per heavy atom. The van der Waals surface area contributed by atoms with Crippen molar-refractivity contribution >= 4 is 100 Å². The van der Waals surface area contributed by atoms with Crippen molar-refractivity contribution in [3.05, 3.63) is 131 Å². The van der Waals surface area contributed by atoms with E-state index in [1.165, 1.54) is 89.7 Å². The van der Waals surface area contributed by atoms with Crippen molar-refractivity contribution in [1.82, 2.24) is 0 Å². The zero-order valence-electron chi connectivity index (χ0n) is 25.2. The van der Waals surface area contributed by atoms with E-state index >= 15 is 0 Å². The number of hydrogen-bond donors (Lipinski definition) is 0. The Balaban J connectivity index is 1.42. The van der Waals surface area contributed by atoms with Crippen LogP contribution in [0.5, 0.6) is 0 Å². The van der Waals surface area contributed by atoms with E-state index in [-0.39, 0.29) is 5.41 Å². The summed E-state index contributed by atoms with van der Waals surface area (Å²) in [5, 5.41) is 10.5. The second-order valence-electron chi connectivity index (χ2n) is 13.0. The third kappa shape index (κ3) is 4.14. The van der Waals surface area contributed by atoms with Gasteiger partial charge in [0.1, 0.15) is 0 Å². The van der Waals surface area contributed by atoms with Gasteiger partial charge in [-0.05, 0) is 96.3 Å². The molecule has 7 aromatic carbocycles. The number of halogens is 1. The molecule has 0 fully saturated rings. The van der Waals surface area contributed by atoms with E-state index in [0.29, 0.717) is 0 Å². The largest absolute Gasteiger partial charge is 0.135 e. The first-order chi connectivity index (χ1) is 21.9. The predicted octanol–water partition coefficient (Wildman–Crippen LogP) is 14.1. The summed E-state index contributed by atoms with van der Waals surface area (Å²) >= 11 is 8.04. The lowest BCUT2D eigenvalue weighted by atomic mass is 9.82. The number of rotatable bonds is 2. The smallest absolute Gasteiger partial charge is 0.0434 e. The maximum absolute atomic E-state index is 4.24. The molecule has 45 heavy (non-hydrogen) atoms. The minimum atomic E-state index is -0.0336. The van der Waals surface area contributed by atoms with Crippen LogP contribution in [0, 0.1) is 0 Å². The SMILES string of the molecule is CC(C)(C)c1cc(-c2cc3c4ccccc4sc3c3ccccc23)c(Br)c(-c2cc3c4ccccc4sc3c3ccccc23)c1. The van der Waals surface area contributed by atoms with Crippen molar-refractivity contribution in [3.8, 4) is 22.3 Å². The van der Waals surface area contributed by atoms with Gasteiger partial charge in [-0.2, -0.15) is 0 Å². The highest BCUT2D eigenvalue weighted by Crippen LogP contribution is 2.49. The first-order valence-electron chi connectivity index (χ1n) is 15.4. The summed E-state index contributed by atoms with van der Waals surface area (Å²) in [6.45, 7) is 6.97. The summed E-state index contributed by atoms with van der Waals surface area (Å²) in [4.78, 5) is 0. The number of hydrogen-bond acceptors (Lipinski definition) is 2. The molecule has 3 heteroatoms. The van der Waals surface area contributed by atoms with Gasteiger partial charge in [-0.15, -0.1) is 22.7 Å². The molecule has 216 valence electrons. The molecule has 0 nitrogen and oxygen atoms in total. The van der Waals surface area contributed by atoms with Crippen LogP contribution in [0.4, 0.5) is 0 Å². The quantitative estimate of drug-likeness (QED) is 0.171. The summed E-state index contributed by atoms with van der Waals surface area (Å²) in [6.07, 6.45) is 0. The summed E-state index contributed by atoms with van der Waals surface area (Å²) in [5.41, 5.74) is 6.32. The van der Waals surface area contributed by atoms with Crippen molar-refractivity contribution in [2.75, 3.05) is 0 Å². The second-order valence-corrected chi connectivity index (χ2v) is 15.9. The number of benzene rings is 7. The molecule has 0 saturated heterocycles. The summed E-state index contributed by atoms with van der Waals surface area (Å²) in [6, 6.07) is 45.3. The van der Waals surface area contributed by atoms with Crippen LogP contribution in [0.15, 0.2) is 126 Å². The zero-order valence-corrected chi connectivity index (χ0v) is 28.5. The highest BCUT2D eigenvalue weighted by molar-refractivity contribution is 9.10. The molecule has 2 aromatic heterocycles. The van der Waals surface area contributed by atoms with Gasteiger partial charge in [-0.3, -0.25) is 0 Å². The van der Waals surface area contributed by atoms with Crippen molar-refractivity contribution in [1.29, 1.82) is 0 Å². The lowest BCUT2D eigenvalue weighted by Crippen LogP contribution is -2.11. The normalized spacial score (nSPS) is 12.4. The maximum atomic E-state index is 4.24. The molecule has 0 aliphatic heterocycles. The zero-order chi connectivity index (χ0) is 30.4. The molecule has 0 aliphatic carbocycles. The van der Waals surface area contributed by atoms with E-state index in [1.807, 2.05) is 22.7 Å². The average molecular weight is 678 g/mol. The molecule has 0 saturated carbocycles. The van der Waals surface area contributed by atoms with Crippen LogP contribution >= 0.6 is 38.6 Å². The molecule has 0 unspecified atom stereocenters. The van der Waals surface area contributed by atoms with Gasteiger partial charge in [-0.25, -0.2) is 0 Å². The third-order valence-corrected chi connectivity index (χ3v) is 12.6. The van der Waals surface area contributed by atoms with Crippen LogP contribution in [0.2, 0.25) is 0 Å². The van der Waals surface area contributed by atoms with Gasteiger partial charge in [0.25, 0.3) is 0 Å². The van der Waals surface area contributed by atoms with Gasteiger partial charge < -0.3 is 0 Å². The molecular weight excluding hydrogens is 648 g/mol. The standard InChI is InChI=1S/C42H29BrS2/c1-42(2,3)24-20-33(31-22-35-27-14-8-10-18-37(27)44-40(35)29-16-6-4-12-25(29)31)39(43)34(21-24)32-23-36-28-15-9-11-19-38(28)45-41(36)30-17-7-5-13-26(30)32/h4-23H,1-3H3. The van der Waals surface area contributed by atoms with Gasteiger partial charge in [0, 0.05) is 55.6 Å². The average Bonchev–Trinajstić information content (AvgIpc) is 3.63. The van der Waals surface area contributed by atoms with Crippen molar-refractivity contribution < 1.29 is 0 Å². The molecule has 0 aliphatic rings. The van der Waals surface area contributed by atoms with Crippen molar-refractivity contribution in [2.45, 2.75) is 26.2 Å². The molecule has 0 N–H and O–H groups in total. The van der Waals surface area contributed by atoms with Crippen LogP contribution in [0.1, 0.15) is 26.3 Å². The van der Waals surface area contributed by atoms with E-state index in [4.69, 9.17) is 0 Å². The molecule has 0 radical (unpaired) electrons. The Bertz CT molecular complexity index is 2470. The molecule has 2 heterocycles. The number of thiophene rings is 2. The molecule has 9 rings (SSSR count). The third-order valence-electron chi connectivity index (χ3n) is 9.29. The van der Waals surface area contributed by atoms with Gasteiger partial charge >= 0.3 is 0 Å². The van der Waals surface area contributed by atoms with E-state index in [0.717, 1.165) is 4.47 Å². The van der Waals surface area contributed by atoms with Gasteiger partial charge in [0.15, 0.2) is 0 Å². The Hall–Kier alpha value is -4.02. The molecular formula is C42H29BrS2. The Labute approximate surface area is 278 Å². The first kappa shape index (κ1) is 27.3. The van der Waals surface area contributed by atoms with Crippen LogP contribution in [0.25, 0.3) is 84.1 Å². The molecule has 0 atom stereocenters. The lowest BCUT2D eigenvalue weighted by Gasteiger charge is -2.24. The predicted molar refractivity (Wildman–Crippen MR) is 205 cm³/mol. The van der Waals surface area contributed by atoms with E-state index in [2.05, 4.69) is 158 Å². The fraction of sp³-hybridized carbons (Fsp3) is 0.0952. The minimum Gasteiger partial charge on any atom is -0.135 e. The Morgan fingerprint density at radius 1 is 0.422 bits per heavy atom. The second kappa shape index (κ2) is 9.99. The van der Waals surface area contributed by atoms with Gasteiger partial charge in [-0.1, -0.05) is 106 Å². The fourth-order valence-electron chi connectivity index (χ4n) is 6.99. The summed E-state index contributed by atoms with van der Waals surface area (Å²) < 4.78 is 6.53. The van der Waals surface area contributed by atoms with Crippen molar-refractivity contribution in [3.63, 3.8) is 0 Å². The summed E-state index contributed by atoms with van der Waals surface area (Å²) in [7, 11) is 0. The monoisotopic (exact) mass is 676 g/mol. The van der Waals surface area contributed by atoms with Gasteiger partial charge in [0.05, 0.1) is 0 Å². The molecule has 0 amide bonds. The van der Waals surface area contributed by atoms with E-state index < -0.39 is 0 Å². The summed E-state index contributed by atoms with van der Waals surface area (Å²) in [5.74, 6) is 0. The van der Waals surface area contributed by atoms with Crippen LogP contribution in [-0.2, 0) is 5.41 Å². The fourth-order valence-corrected chi connectivity index (χ4v) is 10.1. The lowest BCUT2D eigenvalue weighted by molar-refractivity contribution is 0.590. The topological polar surface area (TPSA) is 0 Å². The van der Waals surface area contributed by atoms with Crippen molar-refractivity contribution in [2.24, 2.45) is 0 Å². The van der Waals surface area contributed by atoms with Gasteiger partial charge in [0.2, 0.25) is 0 Å². The highest BCUT2D eigenvalue weighted by atomic mass is 79.9. The molecule has 0 spiro atoms. The Morgan fingerprint density at radius 3 is 1.22 bits per heavy atom. The van der Waals surface area contributed by atoms with Crippen LogP contribution in [0.3, 0.4) is 0 Å². The number of fused-ring (bicyclic) bond motifs is 10. The van der Waals surface area contributed by atoms with Crippen LogP contribution in [-0.4, -0.2) is 0 Å². The maximum Gasteiger partial charge on any atom is 0.0434 e. The first-order valence-corrected chi connectivity index (χ1v) is 17.8. The highest BCUT2D eigenvalue weighted by Gasteiger charge is 2.23. The molecule has 0 bridgehead atoms. The van der Waals surface area contributed by atoms with Crippen LogP contribution < -0.4 is 0 Å². The molecule has 9 aromatic rings.